The quantitative estimate of drug-likeness (QED) is 0.808. The van der Waals surface area contributed by atoms with Crippen LogP contribution in [0.25, 0.3) is 0 Å². The molecule has 3 N–H and O–H groups in total. The van der Waals surface area contributed by atoms with Gasteiger partial charge in [0.05, 0.1) is 0 Å². The number of halogens is 1. The second-order valence-corrected chi connectivity index (χ2v) is 4.47. The lowest BCUT2D eigenvalue weighted by atomic mass is 10.1. The van der Waals surface area contributed by atoms with Gasteiger partial charge in [0.1, 0.15) is 0 Å². The van der Waals surface area contributed by atoms with Crippen LogP contribution >= 0.6 is 11.6 Å². The van der Waals surface area contributed by atoms with Gasteiger partial charge in [-0.05, 0) is 38.0 Å². The maximum Gasteiger partial charge on any atom is 0.0408 e. The predicted octanol–water partition coefficient (Wildman–Crippen LogP) is 2.21. The second kappa shape index (κ2) is 6.11. The molecule has 0 spiro atoms. The number of hydrogen-bond acceptors (Lipinski definition) is 2. The Morgan fingerprint density at radius 1 is 1.33 bits per heavy atom. The van der Waals surface area contributed by atoms with Gasteiger partial charge in [-0.3, -0.25) is 0 Å². The molecule has 0 bridgehead atoms. The van der Waals surface area contributed by atoms with Gasteiger partial charge in [-0.2, -0.15) is 0 Å². The first-order valence-corrected chi connectivity index (χ1v) is 5.70. The molecule has 2 unspecified atom stereocenters. The second-order valence-electron chi connectivity index (χ2n) is 4.04. The number of nitrogens with two attached hydrogens (primary N) is 1. The van der Waals surface area contributed by atoms with Crippen molar-refractivity contribution < 1.29 is 0 Å². The average Bonchev–Trinajstić information content (AvgIpc) is 2.17. The summed E-state index contributed by atoms with van der Waals surface area (Å²) in [6, 6.07) is 8.76. The van der Waals surface area contributed by atoms with Crippen molar-refractivity contribution in [2.24, 2.45) is 5.73 Å². The highest BCUT2D eigenvalue weighted by atomic mass is 35.5. The summed E-state index contributed by atoms with van der Waals surface area (Å²) < 4.78 is 0. The zero-order valence-corrected chi connectivity index (χ0v) is 10.1. The van der Waals surface area contributed by atoms with E-state index in [1.807, 2.05) is 18.2 Å². The third kappa shape index (κ3) is 4.65. The monoisotopic (exact) mass is 226 g/mol. The van der Waals surface area contributed by atoms with Crippen LogP contribution in [0.2, 0.25) is 5.02 Å². The molecule has 0 radical (unpaired) electrons. The summed E-state index contributed by atoms with van der Waals surface area (Å²) in [7, 11) is 0. The first-order valence-electron chi connectivity index (χ1n) is 5.32. The highest BCUT2D eigenvalue weighted by Crippen LogP contribution is 2.12. The van der Waals surface area contributed by atoms with E-state index in [0.717, 1.165) is 11.4 Å². The first-order chi connectivity index (χ1) is 7.11. The number of benzene rings is 1. The van der Waals surface area contributed by atoms with E-state index >= 15 is 0 Å². The van der Waals surface area contributed by atoms with Crippen LogP contribution in [0.3, 0.4) is 0 Å². The van der Waals surface area contributed by atoms with Crippen LogP contribution in [0, 0.1) is 0 Å². The molecule has 0 saturated heterocycles. The Hall–Kier alpha value is -0.570. The third-order valence-electron chi connectivity index (χ3n) is 2.35. The molecule has 0 amide bonds. The van der Waals surface area contributed by atoms with Gasteiger partial charge >= 0.3 is 0 Å². The van der Waals surface area contributed by atoms with Crippen LogP contribution in [0.5, 0.6) is 0 Å². The molecule has 3 heteroatoms. The first kappa shape index (κ1) is 12.5. The molecule has 0 aromatic heterocycles. The van der Waals surface area contributed by atoms with Crippen molar-refractivity contribution in [3.63, 3.8) is 0 Å². The van der Waals surface area contributed by atoms with Crippen molar-refractivity contribution in [2.45, 2.75) is 32.4 Å². The Bertz CT molecular complexity index is 301. The molecule has 1 rings (SSSR count). The molecule has 84 valence electrons. The van der Waals surface area contributed by atoms with Gasteiger partial charge in [0.25, 0.3) is 0 Å². The van der Waals surface area contributed by atoms with Gasteiger partial charge in [0, 0.05) is 23.7 Å². The highest BCUT2D eigenvalue weighted by Gasteiger charge is 2.06. The van der Waals surface area contributed by atoms with E-state index in [0.29, 0.717) is 18.6 Å². The fourth-order valence-electron chi connectivity index (χ4n) is 1.63. The lowest BCUT2D eigenvalue weighted by Crippen LogP contribution is -2.40. The van der Waals surface area contributed by atoms with E-state index in [-0.39, 0.29) is 0 Å². The van der Waals surface area contributed by atoms with Crippen LogP contribution < -0.4 is 11.1 Å². The molecule has 0 aliphatic rings. The van der Waals surface area contributed by atoms with Gasteiger partial charge in [-0.15, -0.1) is 0 Å². The number of nitrogens with one attached hydrogen (secondary N) is 1. The topological polar surface area (TPSA) is 38.0 Å². The summed E-state index contributed by atoms with van der Waals surface area (Å²) in [5.74, 6) is 0. The molecule has 0 saturated carbocycles. The molecular formula is C12H19ClN2. The summed E-state index contributed by atoms with van der Waals surface area (Å²) >= 11 is 5.92. The Labute approximate surface area is 96.8 Å². The van der Waals surface area contributed by atoms with Crippen molar-refractivity contribution in [1.29, 1.82) is 0 Å². The maximum atomic E-state index is 5.92. The zero-order valence-electron chi connectivity index (χ0n) is 9.33. The number of rotatable bonds is 5. The third-order valence-corrected chi connectivity index (χ3v) is 2.59. The Kier molecular flexibility index (Phi) is 5.09. The minimum Gasteiger partial charge on any atom is -0.329 e. The highest BCUT2D eigenvalue weighted by molar-refractivity contribution is 6.30. The van der Waals surface area contributed by atoms with E-state index in [1.165, 1.54) is 5.56 Å². The smallest absolute Gasteiger partial charge is 0.0408 e. The predicted molar refractivity (Wildman–Crippen MR) is 66.3 cm³/mol. The van der Waals surface area contributed by atoms with E-state index in [2.05, 4.69) is 25.2 Å². The van der Waals surface area contributed by atoms with Gasteiger partial charge < -0.3 is 11.1 Å². The summed E-state index contributed by atoms with van der Waals surface area (Å²) in [4.78, 5) is 0. The van der Waals surface area contributed by atoms with Crippen LogP contribution in [-0.2, 0) is 6.42 Å². The van der Waals surface area contributed by atoms with Crippen LogP contribution in [0.15, 0.2) is 24.3 Å². The number of hydrogen-bond donors (Lipinski definition) is 2. The summed E-state index contributed by atoms with van der Waals surface area (Å²) in [5, 5.41) is 4.23. The zero-order chi connectivity index (χ0) is 11.3. The molecular weight excluding hydrogens is 208 g/mol. The Morgan fingerprint density at radius 2 is 2.07 bits per heavy atom. The van der Waals surface area contributed by atoms with E-state index in [4.69, 9.17) is 17.3 Å². The van der Waals surface area contributed by atoms with Crippen molar-refractivity contribution in [3.8, 4) is 0 Å². The fraction of sp³-hybridized carbons (Fsp3) is 0.500. The molecule has 2 nitrogen and oxygen atoms in total. The molecule has 0 fully saturated rings. The van der Waals surface area contributed by atoms with Crippen molar-refractivity contribution >= 4 is 11.6 Å². The summed E-state index contributed by atoms with van der Waals surface area (Å²) in [5.41, 5.74) is 6.81. The molecule has 0 aliphatic heterocycles. The largest absolute Gasteiger partial charge is 0.329 e. The average molecular weight is 227 g/mol. The van der Waals surface area contributed by atoms with Crippen molar-refractivity contribution in [1.82, 2.24) is 5.32 Å². The molecule has 2 atom stereocenters. The minimum atomic E-state index is 0.360. The van der Waals surface area contributed by atoms with Gasteiger partial charge in [0.15, 0.2) is 0 Å². The van der Waals surface area contributed by atoms with Crippen LogP contribution in [-0.4, -0.2) is 18.6 Å². The molecule has 1 aromatic rings. The standard InChI is InChI=1S/C12H19ClN2/c1-9(15-10(2)8-14)6-11-4-3-5-12(13)7-11/h3-5,7,9-10,15H,6,8,14H2,1-2H3. The lowest BCUT2D eigenvalue weighted by molar-refractivity contribution is 0.470. The van der Waals surface area contributed by atoms with Crippen molar-refractivity contribution in [2.75, 3.05) is 6.54 Å². The van der Waals surface area contributed by atoms with Crippen LogP contribution in [0.1, 0.15) is 19.4 Å². The molecule has 1 aromatic carbocycles. The van der Waals surface area contributed by atoms with Gasteiger partial charge in [0.2, 0.25) is 0 Å². The van der Waals surface area contributed by atoms with E-state index in [1.54, 1.807) is 0 Å². The van der Waals surface area contributed by atoms with Crippen LogP contribution in [0.4, 0.5) is 0 Å². The van der Waals surface area contributed by atoms with Gasteiger partial charge in [-0.25, -0.2) is 0 Å². The SMILES string of the molecule is CC(CN)NC(C)Cc1cccc(Cl)c1. The summed E-state index contributed by atoms with van der Waals surface area (Å²) in [6.45, 7) is 4.92. The van der Waals surface area contributed by atoms with Crippen molar-refractivity contribution in [3.05, 3.63) is 34.9 Å². The Balaban J connectivity index is 2.47. The fourth-order valence-corrected chi connectivity index (χ4v) is 1.84. The lowest BCUT2D eigenvalue weighted by Gasteiger charge is -2.18. The molecule has 15 heavy (non-hydrogen) atoms. The normalized spacial score (nSPS) is 14.9. The summed E-state index contributed by atoms with van der Waals surface area (Å²) in [6.07, 6.45) is 0.977. The van der Waals surface area contributed by atoms with Gasteiger partial charge in [-0.1, -0.05) is 23.7 Å². The minimum absolute atomic E-state index is 0.360. The van der Waals surface area contributed by atoms with E-state index in [9.17, 15) is 0 Å². The molecule has 0 aliphatic carbocycles. The van der Waals surface area contributed by atoms with E-state index < -0.39 is 0 Å². The maximum absolute atomic E-state index is 5.92. The molecule has 0 heterocycles. The Morgan fingerprint density at radius 3 is 2.67 bits per heavy atom.